The maximum absolute atomic E-state index is 6.56. The number of rotatable bonds is 35. The summed E-state index contributed by atoms with van der Waals surface area (Å²) in [7, 11) is 0. The van der Waals surface area contributed by atoms with Crippen LogP contribution in [0.4, 0.5) is 0 Å². The van der Waals surface area contributed by atoms with E-state index in [0.29, 0.717) is 16.9 Å². The molecule has 5 rings (SSSR count). The van der Waals surface area contributed by atoms with Gasteiger partial charge in [-0.15, -0.1) is 0 Å². The third kappa shape index (κ3) is 18.0. The Balaban J connectivity index is 0.880. The van der Waals surface area contributed by atoms with Gasteiger partial charge in [0.15, 0.2) is 0 Å². The fourth-order valence-corrected chi connectivity index (χ4v) is 14.0. The van der Waals surface area contributed by atoms with E-state index in [2.05, 4.69) is 64.7 Å². The Morgan fingerprint density at radius 3 is 2.09 bits per heavy atom. The maximum atomic E-state index is 6.56. The van der Waals surface area contributed by atoms with Crippen LogP contribution in [-0.2, 0) is 18.9 Å². The van der Waals surface area contributed by atoms with E-state index in [4.69, 9.17) is 18.9 Å². The third-order valence-electron chi connectivity index (χ3n) is 17.8. The molecule has 0 aromatic carbocycles. The predicted molar refractivity (Wildman–Crippen MR) is 273 cm³/mol. The fourth-order valence-electron chi connectivity index (χ4n) is 14.0. The molecule has 4 fully saturated rings. The van der Waals surface area contributed by atoms with Crippen LogP contribution in [0, 0.1) is 46.3 Å². The van der Waals surface area contributed by atoms with Crippen LogP contribution in [0.25, 0.3) is 0 Å². The molecule has 0 spiro atoms. The third-order valence-corrected chi connectivity index (χ3v) is 17.8. The number of allylic oxidation sites excluding steroid dienone is 3. The molecule has 0 amide bonds. The number of likely N-dealkylation sites (tertiary alicyclic amines) is 1. The second kappa shape index (κ2) is 30.7. The number of hydrogen-bond acceptors (Lipinski definition) is 5. The van der Waals surface area contributed by atoms with Gasteiger partial charge < -0.3 is 23.8 Å². The number of piperidine rings is 1. The highest BCUT2D eigenvalue weighted by Crippen LogP contribution is 2.67. The van der Waals surface area contributed by atoms with E-state index in [-0.39, 0.29) is 6.10 Å². The molecule has 1 unspecified atom stereocenters. The molecule has 0 aromatic heterocycles. The van der Waals surface area contributed by atoms with Crippen LogP contribution < -0.4 is 0 Å². The lowest BCUT2D eigenvalue weighted by Crippen LogP contribution is -2.51. The van der Waals surface area contributed by atoms with Gasteiger partial charge >= 0.3 is 0 Å². The lowest BCUT2D eigenvalue weighted by molar-refractivity contribution is -0.0651. The highest BCUT2D eigenvalue weighted by atomic mass is 16.5. The van der Waals surface area contributed by atoms with E-state index < -0.39 is 0 Å². The minimum Gasteiger partial charge on any atom is -0.381 e. The zero-order valence-corrected chi connectivity index (χ0v) is 43.5. The van der Waals surface area contributed by atoms with Crippen LogP contribution in [0.1, 0.15) is 234 Å². The molecule has 5 aliphatic rings. The van der Waals surface area contributed by atoms with Crippen molar-refractivity contribution in [3.8, 4) is 0 Å². The molecule has 5 heteroatoms. The average molecular weight is 895 g/mol. The van der Waals surface area contributed by atoms with Gasteiger partial charge in [-0.25, -0.2) is 0 Å². The minimum atomic E-state index is 0.162. The number of ether oxygens (including phenoxy) is 4. The molecular weight excluding hydrogens is 787 g/mol. The summed E-state index contributed by atoms with van der Waals surface area (Å²) in [5.74, 6) is 5.41. The van der Waals surface area contributed by atoms with E-state index in [9.17, 15) is 0 Å². The van der Waals surface area contributed by atoms with Gasteiger partial charge in [0.25, 0.3) is 0 Å². The first kappa shape index (κ1) is 54.2. The average Bonchev–Trinajstić information content (AvgIpc) is 3.65. The van der Waals surface area contributed by atoms with Gasteiger partial charge in [0.1, 0.15) is 0 Å². The van der Waals surface area contributed by atoms with Crippen molar-refractivity contribution < 1.29 is 18.9 Å². The highest BCUT2D eigenvalue weighted by molar-refractivity contribution is 5.25. The van der Waals surface area contributed by atoms with E-state index in [1.165, 1.54) is 186 Å². The summed E-state index contributed by atoms with van der Waals surface area (Å²) >= 11 is 0. The Bertz CT molecular complexity index is 1260. The molecule has 4 aliphatic carbocycles. The molecule has 0 N–H and O–H groups in total. The van der Waals surface area contributed by atoms with Gasteiger partial charge in [-0.05, 0) is 169 Å². The molecule has 372 valence electrons. The van der Waals surface area contributed by atoms with Crippen molar-refractivity contribution in [1.82, 2.24) is 4.90 Å². The van der Waals surface area contributed by atoms with Crippen molar-refractivity contribution in [3.63, 3.8) is 0 Å². The molecule has 0 radical (unpaired) electrons. The summed E-state index contributed by atoms with van der Waals surface area (Å²) in [4.78, 5) is 2.60. The van der Waals surface area contributed by atoms with Crippen molar-refractivity contribution in [2.45, 2.75) is 246 Å². The first-order valence-electron chi connectivity index (χ1n) is 28.7. The predicted octanol–water partition coefficient (Wildman–Crippen LogP) is 16.1. The Labute approximate surface area is 398 Å². The molecule has 5 nitrogen and oxygen atoms in total. The lowest BCUT2D eigenvalue weighted by atomic mass is 9.47. The minimum absolute atomic E-state index is 0.162. The topological polar surface area (TPSA) is 40.2 Å². The second-order valence-electron chi connectivity index (χ2n) is 23.2. The number of nitrogens with zero attached hydrogens (tertiary/aromatic N) is 1. The van der Waals surface area contributed by atoms with Crippen molar-refractivity contribution in [1.29, 1.82) is 0 Å². The van der Waals surface area contributed by atoms with Crippen LogP contribution in [-0.4, -0.2) is 76.4 Å². The van der Waals surface area contributed by atoms with Gasteiger partial charge in [0.2, 0.25) is 0 Å². The highest BCUT2D eigenvalue weighted by Gasteiger charge is 2.59. The largest absolute Gasteiger partial charge is 0.381 e. The Morgan fingerprint density at radius 1 is 0.672 bits per heavy atom. The van der Waals surface area contributed by atoms with Crippen LogP contribution in [0.3, 0.4) is 0 Å². The van der Waals surface area contributed by atoms with E-state index in [1.54, 1.807) is 5.57 Å². The van der Waals surface area contributed by atoms with Gasteiger partial charge in [-0.3, -0.25) is 0 Å². The van der Waals surface area contributed by atoms with E-state index in [0.717, 1.165) is 101 Å². The zero-order valence-electron chi connectivity index (χ0n) is 43.5. The van der Waals surface area contributed by atoms with Crippen LogP contribution in [0.2, 0.25) is 0 Å². The molecule has 0 aromatic rings. The zero-order chi connectivity index (χ0) is 45.3. The maximum Gasteiger partial charge on any atom is 0.0934 e. The monoisotopic (exact) mass is 894 g/mol. The standard InChI is InChI=1S/C59H107NO4/c1-7-8-9-10-11-12-13-14-15-16-17-18-19-20-21-25-41-62-48-53(47-60-39-23-22-24-40-60)64-45-28-43-61-42-27-44-63-52-35-37-58(5)51(46-52)31-32-54-56-34-33-55(50(4)30-26-29-49(2)3)59(56,6)38-36-57(54)58/h14-15,31,49-50,52-57H,7-13,16-30,32-48H2,1-6H3/b15-14-/t50-,52+,53?,54+,55-,56+,57+,58+,59-/m1/s1. The van der Waals surface area contributed by atoms with Crippen LogP contribution in [0.15, 0.2) is 23.8 Å². The summed E-state index contributed by atoms with van der Waals surface area (Å²) < 4.78 is 25.3. The molecule has 9 atom stereocenters. The van der Waals surface area contributed by atoms with E-state index in [1.807, 2.05) is 0 Å². The van der Waals surface area contributed by atoms with Crippen molar-refractivity contribution >= 4 is 0 Å². The Kier molecular flexibility index (Phi) is 26.0. The first-order valence-corrected chi connectivity index (χ1v) is 28.7. The summed E-state index contributed by atoms with van der Waals surface area (Å²) in [6.07, 6.45) is 48.1. The molecule has 3 saturated carbocycles. The molecule has 1 heterocycles. The molecule has 1 saturated heterocycles. The summed E-state index contributed by atoms with van der Waals surface area (Å²) in [6, 6.07) is 0. The van der Waals surface area contributed by atoms with Gasteiger partial charge in [-0.2, -0.15) is 0 Å². The quantitative estimate of drug-likeness (QED) is 0.0468. The van der Waals surface area contributed by atoms with Crippen molar-refractivity contribution in [2.75, 3.05) is 59.3 Å². The fraction of sp³-hybridized carbons (Fsp3) is 0.932. The van der Waals surface area contributed by atoms with Crippen molar-refractivity contribution in [2.24, 2.45) is 46.3 Å². The van der Waals surface area contributed by atoms with Gasteiger partial charge in [0, 0.05) is 39.6 Å². The smallest absolute Gasteiger partial charge is 0.0934 e. The number of unbranched alkanes of at least 4 members (excludes halogenated alkanes) is 12. The van der Waals surface area contributed by atoms with Gasteiger partial charge in [-0.1, -0.05) is 149 Å². The molecular formula is C59H107NO4. The number of hydrogen-bond donors (Lipinski definition) is 0. The lowest BCUT2D eigenvalue weighted by Gasteiger charge is -2.58. The van der Waals surface area contributed by atoms with E-state index >= 15 is 0 Å². The summed E-state index contributed by atoms with van der Waals surface area (Å²) in [6.45, 7) is 23.2. The normalized spacial score (nSPS) is 29.5. The SMILES string of the molecule is CCCCCCCC/C=C\CCCCCCCCOCC(CN1CCCCC1)OCCCOCCCO[C@H]1CC[C@@]2(C)C(=CC[C@H]3[C@@H]4CC[C@H]([C@H](C)CCCC(C)C)[C@@]4(C)CC[C@@H]32)C1. The second-order valence-corrected chi connectivity index (χ2v) is 23.2. The Hall–Kier alpha value is -0.720. The summed E-state index contributed by atoms with van der Waals surface area (Å²) in [5.41, 5.74) is 2.73. The number of fused-ring (bicyclic) bond motifs is 5. The first-order chi connectivity index (χ1) is 31.2. The van der Waals surface area contributed by atoms with Crippen LogP contribution >= 0.6 is 0 Å². The van der Waals surface area contributed by atoms with Crippen LogP contribution in [0.5, 0.6) is 0 Å². The molecule has 64 heavy (non-hydrogen) atoms. The Morgan fingerprint density at radius 2 is 1.36 bits per heavy atom. The van der Waals surface area contributed by atoms with Gasteiger partial charge in [0.05, 0.1) is 18.8 Å². The molecule has 1 aliphatic heterocycles. The summed E-state index contributed by atoms with van der Waals surface area (Å²) in [5, 5.41) is 0. The van der Waals surface area contributed by atoms with Crippen molar-refractivity contribution in [3.05, 3.63) is 23.8 Å². The molecule has 0 bridgehead atoms.